The van der Waals surface area contributed by atoms with Crippen LogP contribution in [-0.2, 0) is 13.0 Å². The summed E-state index contributed by atoms with van der Waals surface area (Å²) < 4.78 is 2.23. The largest absolute Gasteiger partial charge is 0.330 e. The third kappa shape index (κ3) is 2.31. The molecule has 0 unspecified atom stereocenters. The number of fused-ring (bicyclic) bond motifs is 1. The summed E-state index contributed by atoms with van der Waals surface area (Å²) >= 11 is 0. The van der Waals surface area contributed by atoms with Crippen molar-refractivity contribution in [2.24, 2.45) is 5.73 Å². The molecule has 2 N–H and O–H groups in total. The van der Waals surface area contributed by atoms with Gasteiger partial charge in [0.2, 0.25) is 0 Å². The summed E-state index contributed by atoms with van der Waals surface area (Å²) in [5, 5.41) is 0. The number of benzene rings is 1. The van der Waals surface area contributed by atoms with Crippen molar-refractivity contribution in [1.82, 2.24) is 9.55 Å². The number of nitrogens with zero attached hydrogens (tertiary/aromatic N) is 2. The molecule has 18 heavy (non-hydrogen) atoms. The van der Waals surface area contributed by atoms with Crippen molar-refractivity contribution in [2.75, 3.05) is 6.54 Å². The van der Waals surface area contributed by atoms with Gasteiger partial charge in [0, 0.05) is 13.0 Å². The highest BCUT2D eigenvalue weighted by atomic mass is 15.1. The Morgan fingerprint density at radius 1 is 1.33 bits per heavy atom. The Bertz CT molecular complexity index is 593. The Morgan fingerprint density at radius 3 is 2.61 bits per heavy atom. The second-order valence-electron chi connectivity index (χ2n) is 5.04. The minimum absolute atomic E-state index is 0.622. The predicted octanol–water partition coefficient (Wildman–Crippen LogP) is 2.73. The topological polar surface area (TPSA) is 43.8 Å². The summed E-state index contributed by atoms with van der Waals surface area (Å²) in [6, 6.07) is 4.36. The standard InChI is InChI=1S/C15H21N3/c1-10(2)9-18-14-8-12(4)11(3)7-13(14)17-15(18)5-6-16/h7-8H,1,5-6,9,16H2,2-4H3. The van der Waals surface area contributed by atoms with E-state index in [1.54, 1.807) is 0 Å². The van der Waals surface area contributed by atoms with Gasteiger partial charge >= 0.3 is 0 Å². The van der Waals surface area contributed by atoms with Gasteiger partial charge in [-0.2, -0.15) is 0 Å². The molecule has 0 spiro atoms. The molecule has 0 fully saturated rings. The van der Waals surface area contributed by atoms with Crippen molar-refractivity contribution in [3.8, 4) is 0 Å². The van der Waals surface area contributed by atoms with Crippen LogP contribution in [0.3, 0.4) is 0 Å². The van der Waals surface area contributed by atoms with Crippen LogP contribution in [0, 0.1) is 13.8 Å². The van der Waals surface area contributed by atoms with Crippen molar-refractivity contribution >= 4 is 11.0 Å². The summed E-state index contributed by atoms with van der Waals surface area (Å²) in [5.41, 5.74) is 11.6. The number of imidazole rings is 1. The lowest BCUT2D eigenvalue weighted by atomic mass is 10.1. The number of allylic oxidation sites excluding steroid dienone is 1. The molecule has 3 nitrogen and oxygen atoms in total. The number of rotatable bonds is 4. The molecule has 0 radical (unpaired) electrons. The zero-order valence-corrected chi connectivity index (χ0v) is 11.5. The van der Waals surface area contributed by atoms with Gasteiger partial charge in [0.05, 0.1) is 11.0 Å². The molecule has 3 heteroatoms. The minimum Gasteiger partial charge on any atom is -0.330 e. The molecule has 96 valence electrons. The van der Waals surface area contributed by atoms with E-state index in [-0.39, 0.29) is 0 Å². The fraction of sp³-hybridized carbons (Fsp3) is 0.400. The number of nitrogens with two attached hydrogens (primary N) is 1. The van der Waals surface area contributed by atoms with Gasteiger partial charge in [-0.1, -0.05) is 12.2 Å². The smallest absolute Gasteiger partial charge is 0.111 e. The molecule has 0 aliphatic heterocycles. The molecule has 2 rings (SSSR count). The molecule has 1 heterocycles. The average molecular weight is 243 g/mol. The van der Waals surface area contributed by atoms with Crippen molar-refractivity contribution < 1.29 is 0 Å². The maximum absolute atomic E-state index is 5.67. The molecule has 1 aromatic heterocycles. The molecule has 0 bridgehead atoms. The third-order valence-electron chi connectivity index (χ3n) is 3.24. The van der Waals surface area contributed by atoms with Crippen LogP contribution >= 0.6 is 0 Å². The summed E-state index contributed by atoms with van der Waals surface area (Å²) in [6.45, 7) is 11.7. The summed E-state index contributed by atoms with van der Waals surface area (Å²) in [4.78, 5) is 4.70. The third-order valence-corrected chi connectivity index (χ3v) is 3.24. The number of hydrogen-bond acceptors (Lipinski definition) is 2. The van der Waals surface area contributed by atoms with E-state index < -0.39 is 0 Å². The molecule has 0 amide bonds. The zero-order valence-electron chi connectivity index (χ0n) is 11.5. The van der Waals surface area contributed by atoms with E-state index in [1.807, 2.05) is 6.92 Å². The molecule has 0 saturated heterocycles. The van der Waals surface area contributed by atoms with Crippen molar-refractivity contribution in [1.29, 1.82) is 0 Å². The second-order valence-corrected chi connectivity index (χ2v) is 5.04. The van der Waals surface area contributed by atoms with E-state index >= 15 is 0 Å². The first-order valence-corrected chi connectivity index (χ1v) is 6.33. The Labute approximate surface area is 108 Å². The zero-order chi connectivity index (χ0) is 13.3. The molecular formula is C15H21N3. The minimum atomic E-state index is 0.622. The van der Waals surface area contributed by atoms with Gasteiger partial charge < -0.3 is 10.3 Å². The van der Waals surface area contributed by atoms with Gasteiger partial charge in [-0.15, -0.1) is 0 Å². The fourth-order valence-corrected chi connectivity index (χ4v) is 2.20. The van der Waals surface area contributed by atoms with Gasteiger partial charge in [0.25, 0.3) is 0 Å². The Kier molecular flexibility index (Phi) is 3.53. The van der Waals surface area contributed by atoms with E-state index in [4.69, 9.17) is 10.7 Å². The van der Waals surface area contributed by atoms with Crippen LogP contribution in [0.15, 0.2) is 24.3 Å². The van der Waals surface area contributed by atoms with Crippen LogP contribution in [-0.4, -0.2) is 16.1 Å². The van der Waals surface area contributed by atoms with Crippen LogP contribution in [0.4, 0.5) is 0 Å². The van der Waals surface area contributed by atoms with E-state index in [0.29, 0.717) is 6.54 Å². The molecule has 0 aliphatic rings. The Hall–Kier alpha value is -1.61. The van der Waals surface area contributed by atoms with E-state index in [2.05, 4.69) is 37.1 Å². The highest BCUT2D eigenvalue weighted by Crippen LogP contribution is 2.21. The van der Waals surface area contributed by atoms with Crippen LogP contribution in [0.5, 0.6) is 0 Å². The molecular weight excluding hydrogens is 222 g/mol. The van der Waals surface area contributed by atoms with Crippen LogP contribution in [0.2, 0.25) is 0 Å². The highest BCUT2D eigenvalue weighted by molar-refractivity contribution is 5.78. The molecule has 1 aromatic carbocycles. The van der Waals surface area contributed by atoms with Crippen LogP contribution in [0.1, 0.15) is 23.9 Å². The Morgan fingerprint density at radius 2 is 2.00 bits per heavy atom. The van der Waals surface area contributed by atoms with Crippen LogP contribution in [0.25, 0.3) is 11.0 Å². The molecule has 0 saturated carbocycles. The van der Waals surface area contributed by atoms with Crippen molar-refractivity contribution in [2.45, 2.75) is 33.7 Å². The first-order chi connectivity index (χ1) is 8.52. The van der Waals surface area contributed by atoms with Crippen molar-refractivity contribution in [3.63, 3.8) is 0 Å². The van der Waals surface area contributed by atoms with Gasteiger partial charge in [-0.3, -0.25) is 0 Å². The number of aryl methyl sites for hydroxylation is 2. The molecule has 0 aliphatic carbocycles. The van der Waals surface area contributed by atoms with E-state index in [9.17, 15) is 0 Å². The monoisotopic (exact) mass is 243 g/mol. The van der Waals surface area contributed by atoms with E-state index in [1.165, 1.54) is 16.6 Å². The summed E-state index contributed by atoms with van der Waals surface area (Å²) in [6.07, 6.45) is 0.806. The van der Waals surface area contributed by atoms with Gasteiger partial charge in [0.15, 0.2) is 0 Å². The predicted molar refractivity (Wildman–Crippen MR) is 76.8 cm³/mol. The van der Waals surface area contributed by atoms with Gasteiger partial charge in [0.1, 0.15) is 5.82 Å². The van der Waals surface area contributed by atoms with E-state index in [0.717, 1.165) is 29.9 Å². The lowest BCUT2D eigenvalue weighted by Gasteiger charge is -2.09. The maximum atomic E-state index is 5.67. The first-order valence-electron chi connectivity index (χ1n) is 6.33. The molecule has 0 atom stereocenters. The lowest BCUT2D eigenvalue weighted by Crippen LogP contribution is -2.10. The summed E-state index contributed by atoms with van der Waals surface area (Å²) in [7, 11) is 0. The maximum Gasteiger partial charge on any atom is 0.111 e. The fourth-order valence-electron chi connectivity index (χ4n) is 2.20. The highest BCUT2D eigenvalue weighted by Gasteiger charge is 2.11. The molecule has 2 aromatic rings. The first kappa shape index (κ1) is 12.8. The SMILES string of the molecule is C=C(C)Cn1c(CCN)nc2cc(C)c(C)cc21. The normalized spacial score (nSPS) is 11.1. The number of hydrogen-bond donors (Lipinski definition) is 1. The Balaban J connectivity index is 2.64. The lowest BCUT2D eigenvalue weighted by molar-refractivity contribution is 0.727. The quantitative estimate of drug-likeness (QED) is 0.839. The van der Waals surface area contributed by atoms with Crippen molar-refractivity contribution in [3.05, 3.63) is 41.2 Å². The van der Waals surface area contributed by atoms with Crippen LogP contribution < -0.4 is 5.73 Å². The number of aromatic nitrogens is 2. The average Bonchev–Trinajstić information content (AvgIpc) is 2.58. The summed E-state index contributed by atoms with van der Waals surface area (Å²) in [5.74, 6) is 1.06. The van der Waals surface area contributed by atoms with Gasteiger partial charge in [-0.05, 0) is 50.6 Å². The van der Waals surface area contributed by atoms with Gasteiger partial charge in [-0.25, -0.2) is 4.98 Å². The second kappa shape index (κ2) is 4.94.